The maximum Gasteiger partial charge on any atom is 0.410 e. The molecule has 0 aromatic rings. The van der Waals surface area contributed by atoms with Crippen molar-refractivity contribution in [3.63, 3.8) is 0 Å². The topological polar surface area (TPSA) is 168 Å². The van der Waals surface area contributed by atoms with E-state index in [0.717, 1.165) is 0 Å². The molecule has 0 radical (unpaired) electrons. The van der Waals surface area contributed by atoms with Crippen LogP contribution in [-0.4, -0.2) is 58.9 Å². The molecule has 1 fully saturated rings. The molecule has 176 valence electrons. The number of amides is 2. The zero-order valence-electron chi connectivity index (χ0n) is 18.1. The van der Waals surface area contributed by atoms with Crippen molar-refractivity contribution in [1.82, 2.24) is 10.6 Å². The van der Waals surface area contributed by atoms with E-state index in [-0.39, 0.29) is 6.54 Å². The molecule has 0 bridgehead atoms. The monoisotopic (exact) mass is 463 g/mol. The first-order valence-corrected chi connectivity index (χ1v) is 11.1. The first-order valence-electron chi connectivity index (χ1n) is 10.2. The van der Waals surface area contributed by atoms with E-state index in [4.69, 9.17) is 9.47 Å². The van der Waals surface area contributed by atoms with Gasteiger partial charge in [-0.3, -0.25) is 14.4 Å². The number of carbonyl (C=O) groups is 4. The minimum absolute atomic E-state index is 0.124. The molecule has 1 aliphatic rings. The minimum Gasteiger partial charge on any atom is -0.481 e. The van der Waals surface area contributed by atoms with E-state index in [2.05, 4.69) is 10.6 Å². The van der Waals surface area contributed by atoms with E-state index in [1.54, 1.807) is 13.8 Å². The van der Waals surface area contributed by atoms with Crippen molar-refractivity contribution in [2.24, 2.45) is 23.7 Å². The Balaban J connectivity index is 2.89. The van der Waals surface area contributed by atoms with Crippen molar-refractivity contribution in [2.45, 2.75) is 64.6 Å². The number of esters is 1. The van der Waals surface area contributed by atoms with Gasteiger partial charge in [-0.15, -0.1) is 0 Å². The van der Waals surface area contributed by atoms with Crippen LogP contribution in [0.5, 0.6) is 0 Å². The molecule has 7 unspecified atom stereocenters. The van der Waals surface area contributed by atoms with Gasteiger partial charge in [0.1, 0.15) is 6.04 Å². The number of hydrogen-bond acceptors (Lipinski definition) is 8. The number of aliphatic hydroxyl groups is 1. The molecule has 1 rings (SSSR count). The van der Waals surface area contributed by atoms with Gasteiger partial charge in [0.25, 0.3) is 5.34 Å². The minimum atomic E-state index is -1.91. The second-order valence-corrected chi connectivity index (χ2v) is 9.04. The van der Waals surface area contributed by atoms with E-state index in [0.29, 0.717) is 25.7 Å². The van der Waals surface area contributed by atoms with Gasteiger partial charge in [0.2, 0.25) is 12.7 Å². The predicted molar refractivity (Wildman–Crippen MR) is 109 cm³/mol. The molecule has 0 spiro atoms. The lowest BCUT2D eigenvalue weighted by Crippen LogP contribution is -2.54. The molecule has 0 aromatic carbocycles. The average molecular weight is 463 g/mol. The standard InChI is InChI=1S/C19H31N2O9P/c1-10(2)17(25)29-12(4)30-18(26)21-11(3)19(27,31-28)15-7-5-6-13(15)14(16(23)24)8-20-9-22/h9-15,27H,5-8H2,1-4H3,(H,20,22)(H,21,26)(H,23,24)/p+1. The van der Waals surface area contributed by atoms with Crippen LogP contribution in [0, 0.1) is 23.7 Å². The van der Waals surface area contributed by atoms with Crippen LogP contribution in [0.1, 0.15) is 47.0 Å². The summed E-state index contributed by atoms with van der Waals surface area (Å²) in [4.78, 5) is 46.1. The number of carboxylic acids is 1. The lowest BCUT2D eigenvalue weighted by atomic mass is 9.78. The summed E-state index contributed by atoms with van der Waals surface area (Å²) in [6, 6.07) is -1.05. The van der Waals surface area contributed by atoms with Crippen LogP contribution in [0.4, 0.5) is 4.79 Å². The Morgan fingerprint density at radius 3 is 2.35 bits per heavy atom. The summed E-state index contributed by atoms with van der Waals surface area (Å²) in [6.07, 6.45) is -0.282. The van der Waals surface area contributed by atoms with Gasteiger partial charge in [0, 0.05) is 19.4 Å². The summed E-state index contributed by atoms with van der Waals surface area (Å²) >= 11 is 0. The molecule has 1 saturated carbocycles. The summed E-state index contributed by atoms with van der Waals surface area (Å²) in [5, 5.41) is 23.6. The highest BCUT2D eigenvalue weighted by Crippen LogP contribution is 2.48. The second-order valence-electron chi connectivity index (χ2n) is 8.03. The molecule has 0 aromatic heterocycles. The van der Waals surface area contributed by atoms with Crippen LogP contribution < -0.4 is 10.6 Å². The van der Waals surface area contributed by atoms with Crippen molar-refractivity contribution in [2.75, 3.05) is 6.54 Å². The van der Waals surface area contributed by atoms with Crippen LogP contribution in [0.15, 0.2) is 0 Å². The van der Waals surface area contributed by atoms with Crippen LogP contribution >= 0.6 is 8.46 Å². The summed E-state index contributed by atoms with van der Waals surface area (Å²) in [6.45, 7) is 5.92. The van der Waals surface area contributed by atoms with E-state index in [1.807, 2.05) is 0 Å². The molecule has 7 atom stereocenters. The fourth-order valence-electron chi connectivity index (χ4n) is 3.89. The van der Waals surface area contributed by atoms with Gasteiger partial charge in [0.15, 0.2) is 0 Å². The third-order valence-corrected chi connectivity index (χ3v) is 6.71. The molecule has 2 amide bonds. The number of carbonyl (C=O) groups excluding carboxylic acids is 3. The number of carboxylic acid groups (broad SMARTS) is 1. The molecular formula is C19H32N2O9P+. The Bertz CT molecular complexity index is 675. The third-order valence-electron chi connectivity index (χ3n) is 5.57. The summed E-state index contributed by atoms with van der Waals surface area (Å²) in [5.41, 5.74) is 0. The van der Waals surface area contributed by atoms with Gasteiger partial charge >= 0.3 is 26.5 Å². The van der Waals surface area contributed by atoms with Crippen molar-refractivity contribution in [3.05, 3.63) is 0 Å². The Morgan fingerprint density at radius 2 is 1.84 bits per heavy atom. The zero-order chi connectivity index (χ0) is 23.8. The SMILES string of the molecule is CC(OC(=O)NC(C)C(O)([PH+]=O)C1CCCC1C(CNC=O)C(=O)O)OC(=O)C(C)C. The normalized spacial score (nSPS) is 23.3. The number of hydrogen-bond donors (Lipinski definition) is 4. The van der Waals surface area contributed by atoms with E-state index in [9.17, 15) is 34.0 Å². The molecule has 31 heavy (non-hydrogen) atoms. The highest BCUT2D eigenvalue weighted by atomic mass is 31.1. The van der Waals surface area contributed by atoms with Gasteiger partial charge in [0.05, 0.1) is 11.8 Å². The van der Waals surface area contributed by atoms with Gasteiger partial charge in [-0.2, -0.15) is 0 Å². The largest absolute Gasteiger partial charge is 0.481 e. The van der Waals surface area contributed by atoms with Gasteiger partial charge in [-0.1, -0.05) is 24.8 Å². The van der Waals surface area contributed by atoms with Gasteiger partial charge in [-0.25, -0.2) is 4.79 Å². The van der Waals surface area contributed by atoms with Crippen LogP contribution in [-0.2, 0) is 28.4 Å². The summed E-state index contributed by atoms with van der Waals surface area (Å²) in [5.74, 6) is -4.32. The fraction of sp³-hybridized carbons (Fsp3) is 0.789. The van der Waals surface area contributed by atoms with E-state index >= 15 is 0 Å². The Labute approximate surface area is 182 Å². The Hall–Kier alpha value is -2.26. The van der Waals surface area contributed by atoms with E-state index < -0.39 is 67.8 Å². The first-order chi connectivity index (χ1) is 14.5. The number of rotatable bonds is 12. The molecule has 0 aliphatic heterocycles. The van der Waals surface area contributed by atoms with E-state index in [1.165, 1.54) is 13.8 Å². The summed E-state index contributed by atoms with van der Waals surface area (Å²) in [7, 11) is -1.25. The molecule has 4 N–H and O–H groups in total. The van der Waals surface area contributed by atoms with Gasteiger partial charge in [-0.05, 0) is 25.7 Å². The van der Waals surface area contributed by atoms with Crippen molar-refractivity contribution >= 4 is 32.9 Å². The predicted octanol–water partition coefficient (Wildman–Crippen LogP) is 1.22. The summed E-state index contributed by atoms with van der Waals surface area (Å²) < 4.78 is 22.0. The van der Waals surface area contributed by atoms with Crippen LogP contribution in [0.3, 0.4) is 0 Å². The highest BCUT2D eigenvalue weighted by molar-refractivity contribution is 7.25. The van der Waals surface area contributed by atoms with Crippen molar-refractivity contribution in [1.29, 1.82) is 0 Å². The Kier molecular flexibility index (Phi) is 10.3. The van der Waals surface area contributed by atoms with Gasteiger partial charge < -0.3 is 30.3 Å². The zero-order valence-corrected chi connectivity index (χ0v) is 19.1. The number of aliphatic carboxylic acids is 1. The maximum atomic E-state index is 12.2. The molecule has 0 saturated heterocycles. The number of alkyl carbamates (subject to hydrolysis) is 1. The third kappa shape index (κ3) is 7.14. The fourth-order valence-corrected chi connectivity index (χ4v) is 4.65. The molecule has 12 heteroatoms. The van der Waals surface area contributed by atoms with Crippen LogP contribution in [0.2, 0.25) is 0 Å². The van der Waals surface area contributed by atoms with Crippen LogP contribution in [0.25, 0.3) is 0 Å². The second kappa shape index (κ2) is 12.0. The molecule has 0 heterocycles. The lowest BCUT2D eigenvalue weighted by Gasteiger charge is -2.34. The molecule has 11 nitrogen and oxygen atoms in total. The first kappa shape index (κ1) is 26.8. The maximum absolute atomic E-state index is 12.2. The van der Waals surface area contributed by atoms with Crippen molar-refractivity contribution < 1.29 is 43.4 Å². The highest BCUT2D eigenvalue weighted by Gasteiger charge is 2.57. The molecular weight excluding hydrogens is 431 g/mol. The number of ether oxygens (including phenoxy) is 2. The smallest absolute Gasteiger partial charge is 0.410 e. The quantitative estimate of drug-likeness (QED) is 0.144. The average Bonchev–Trinajstić information content (AvgIpc) is 3.16. The van der Waals surface area contributed by atoms with Crippen molar-refractivity contribution in [3.8, 4) is 0 Å². The lowest BCUT2D eigenvalue weighted by molar-refractivity contribution is -0.169. The number of nitrogens with one attached hydrogen (secondary N) is 2. The Morgan fingerprint density at radius 1 is 1.19 bits per heavy atom. The molecule has 1 aliphatic carbocycles.